The zero-order valence-corrected chi connectivity index (χ0v) is 21.0. The first-order chi connectivity index (χ1) is 17.5. The van der Waals surface area contributed by atoms with Gasteiger partial charge in [-0.25, -0.2) is 9.59 Å². The number of esters is 1. The predicted molar refractivity (Wildman–Crippen MR) is 140 cm³/mol. The van der Waals surface area contributed by atoms with E-state index in [1.807, 2.05) is 67.7 Å². The highest BCUT2D eigenvalue weighted by Gasteiger charge is 2.25. The molecule has 0 atom stereocenters. The van der Waals surface area contributed by atoms with Gasteiger partial charge in [0.2, 0.25) is 0 Å². The minimum atomic E-state index is -0.537. The summed E-state index contributed by atoms with van der Waals surface area (Å²) in [6.07, 6.45) is 1.44. The molecular weight excluding hydrogens is 454 g/mol. The van der Waals surface area contributed by atoms with Crippen LogP contribution in [0.15, 0.2) is 78.9 Å². The minimum Gasteiger partial charge on any atom is -0.480 e. The van der Waals surface area contributed by atoms with Gasteiger partial charge in [0.15, 0.2) is 0 Å². The van der Waals surface area contributed by atoms with Crippen molar-refractivity contribution in [2.45, 2.75) is 25.0 Å². The summed E-state index contributed by atoms with van der Waals surface area (Å²) in [6, 6.07) is 24.7. The molecule has 0 aromatic heterocycles. The van der Waals surface area contributed by atoms with Crippen molar-refractivity contribution in [2.75, 3.05) is 39.6 Å². The molecule has 2 amide bonds. The quantitative estimate of drug-likeness (QED) is 0.464. The van der Waals surface area contributed by atoms with Crippen molar-refractivity contribution in [2.24, 2.45) is 0 Å². The zero-order valence-electron chi connectivity index (χ0n) is 21.0. The van der Waals surface area contributed by atoms with Crippen LogP contribution in [0, 0.1) is 0 Å². The molecule has 36 heavy (non-hydrogen) atoms. The molecule has 188 valence electrons. The van der Waals surface area contributed by atoms with Gasteiger partial charge in [-0.3, -0.25) is 0 Å². The number of piperidine rings is 1. The lowest BCUT2D eigenvalue weighted by Gasteiger charge is -2.35. The summed E-state index contributed by atoms with van der Waals surface area (Å²) in [4.78, 5) is 29.7. The van der Waals surface area contributed by atoms with E-state index in [4.69, 9.17) is 9.47 Å². The second kappa shape index (κ2) is 11.7. The fraction of sp³-hybridized carbons (Fsp3) is 0.310. The Morgan fingerprint density at radius 2 is 1.53 bits per heavy atom. The Hall–Kier alpha value is -3.84. The van der Waals surface area contributed by atoms with E-state index in [0.717, 1.165) is 37.1 Å². The maximum Gasteiger partial charge on any atom is 0.341 e. The summed E-state index contributed by atoms with van der Waals surface area (Å²) in [5.41, 5.74) is 2.66. The van der Waals surface area contributed by atoms with Crippen molar-refractivity contribution in [1.82, 2.24) is 9.80 Å². The standard InChI is InChI=1S/C29H33N3O4/c1-31-18-16-24(17-19-31)32(2)29(34)30-23-14-15-26(25(20-23)28(33)35-3)36-27(21-10-6-4-7-11-21)22-12-8-5-9-13-22/h4-15,20,24,27H,16-19H2,1-3H3,(H,30,34). The van der Waals surface area contributed by atoms with Crippen LogP contribution < -0.4 is 10.1 Å². The highest BCUT2D eigenvalue weighted by Crippen LogP contribution is 2.32. The summed E-state index contributed by atoms with van der Waals surface area (Å²) in [7, 11) is 5.24. The molecule has 7 heteroatoms. The Balaban J connectivity index is 1.57. The largest absolute Gasteiger partial charge is 0.480 e. The number of methoxy groups -OCH3 is 1. The molecule has 0 aliphatic carbocycles. The number of nitrogens with one attached hydrogen (secondary N) is 1. The van der Waals surface area contributed by atoms with Crippen LogP contribution in [0.25, 0.3) is 0 Å². The molecule has 0 saturated carbocycles. The molecule has 0 radical (unpaired) electrons. The predicted octanol–water partition coefficient (Wildman–Crippen LogP) is 5.20. The molecule has 1 aliphatic heterocycles. The lowest BCUT2D eigenvalue weighted by molar-refractivity contribution is 0.0594. The number of hydrogen-bond donors (Lipinski definition) is 1. The van der Waals surface area contributed by atoms with E-state index in [1.54, 1.807) is 23.1 Å². The van der Waals surface area contributed by atoms with Crippen molar-refractivity contribution >= 4 is 17.7 Å². The topological polar surface area (TPSA) is 71.1 Å². The second-order valence-corrected chi connectivity index (χ2v) is 9.10. The Morgan fingerprint density at radius 1 is 0.944 bits per heavy atom. The van der Waals surface area contributed by atoms with Crippen LogP contribution in [0.3, 0.4) is 0 Å². The smallest absolute Gasteiger partial charge is 0.341 e. The van der Waals surface area contributed by atoms with Gasteiger partial charge in [-0.05, 0) is 62.3 Å². The third-order valence-electron chi connectivity index (χ3n) is 6.64. The molecule has 0 spiro atoms. The van der Waals surface area contributed by atoms with Gasteiger partial charge in [0.05, 0.1) is 7.11 Å². The van der Waals surface area contributed by atoms with E-state index in [2.05, 4.69) is 17.3 Å². The molecule has 1 fully saturated rings. The number of anilines is 1. The first-order valence-corrected chi connectivity index (χ1v) is 12.2. The number of benzene rings is 3. The SMILES string of the molecule is COC(=O)c1cc(NC(=O)N(C)C2CCN(C)CC2)ccc1OC(c1ccccc1)c1ccccc1. The van der Waals surface area contributed by atoms with Gasteiger partial charge >= 0.3 is 12.0 Å². The van der Waals surface area contributed by atoms with Crippen LogP contribution in [0.1, 0.15) is 40.4 Å². The number of urea groups is 1. The highest BCUT2D eigenvalue weighted by atomic mass is 16.5. The first-order valence-electron chi connectivity index (χ1n) is 12.2. The van der Waals surface area contributed by atoms with E-state index in [0.29, 0.717) is 11.4 Å². The van der Waals surface area contributed by atoms with Gasteiger partial charge in [0.1, 0.15) is 17.4 Å². The number of carbonyl (C=O) groups is 2. The lowest BCUT2D eigenvalue weighted by Crippen LogP contribution is -2.46. The lowest BCUT2D eigenvalue weighted by atomic mass is 10.0. The number of nitrogens with zero attached hydrogens (tertiary/aromatic N) is 2. The number of likely N-dealkylation sites (tertiary alicyclic amines) is 1. The van der Waals surface area contributed by atoms with Crippen LogP contribution in [0.2, 0.25) is 0 Å². The van der Waals surface area contributed by atoms with Crippen LogP contribution in [0.4, 0.5) is 10.5 Å². The van der Waals surface area contributed by atoms with Gasteiger partial charge in [-0.15, -0.1) is 0 Å². The summed E-state index contributed by atoms with van der Waals surface area (Å²) in [5, 5.41) is 2.92. The Bertz CT molecular complexity index is 1120. The van der Waals surface area contributed by atoms with E-state index < -0.39 is 12.1 Å². The average molecular weight is 488 g/mol. The summed E-state index contributed by atoms with van der Waals surface area (Å²) in [6.45, 7) is 1.93. The number of carbonyl (C=O) groups excluding carboxylic acids is 2. The monoisotopic (exact) mass is 487 g/mol. The zero-order chi connectivity index (χ0) is 25.5. The average Bonchev–Trinajstić information content (AvgIpc) is 2.92. The number of ether oxygens (including phenoxy) is 2. The third kappa shape index (κ3) is 6.04. The van der Waals surface area contributed by atoms with E-state index in [9.17, 15) is 9.59 Å². The summed E-state index contributed by atoms with van der Waals surface area (Å²) < 4.78 is 11.5. The van der Waals surface area contributed by atoms with Gasteiger partial charge < -0.3 is 24.6 Å². The van der Waals surface area contributed by atoms with E-state index >= 15 is 0 Å². The normalized spacial score (nSPS) is 14.3. The number of rotatable bonds is 7. The number of amides is 2. The van der Waals surface area contributed by atoms with Gasteiger partial charge in [0.25, 0.3) is 0 Å². The van der Waals surface area contributed by atoms with E-state index in [1.165, 1.54) is 7.11 Å². The summed E-state index contributed by atoms with van der Waals surface area (Å²) in [5.74, 6) is -0.161. The Labute approximate surface area is 212 Å². The highest BCUT2D eigenvalue weighted by molar-refractivity contribution is 5.96. The molecule has 4 rings (SSSR count). The molecule has 7 nitrogen and oxygen atoms in total. The molecule has 1 heterocycles. The van der Waals surface area contributed by atoms with Crippen LogP contribution in [0.5, 0.6) is 5.75 Å². The molecule has 3 aromatic carbocycles. The molecule has 3 aromatic rings. The Morgan fingerprint density at radius 3 is 2.08 bits per heavy atom. The van der Waals surface area contributed by atoms with Crippen LogP contribution in [-0.4, -0.2) is 62.1 Å². The van der Waals surface area contributed by atoms with Gasteiger partial charge in [-0.1, -0.05) is 60.7 Å². The van der Waals surface area contributed by atoms with Crippen molar-refractivity contribution in [3.8, 4) is 5.75 Å². The molecule has 1 aliphatic rings. The molecule has 0 bridgehead atoms. The molecule has 0 unspecified atom stereocenters. The Kier molecular flexibility index (Phi) is 8.23. The van der Waals surface area contributed by atoms with Crippen molar-refractivity contribution in [3.63, 3.8) is 0 Å². The molecule has 1 N–H and O–H groups in total. The fourth-order valence-electron chi connectivity index (χ4n) is 4.45. The van der Waals surface area contributed by atoms with Crippen LogP contribution in [-0.2, 0) is 4.74 Å². The summed E-state index contributed by atoms with van der Waals surface area (Å²) >= 11 is 0. The molecular formula is C29H33N3O4. The first kappa shape index (κ1) is 25.3. The van der Waals surface area contributed by atoms with Gasteiger partial charge in [0, 0.05) is 18.8 Å². The van der Waals surface area contributed by atoms with Crippen LogP contribution >= 0.6 is 0 Å². The van der Waals surface area contributed by atoms with Gasteiger partial charge in [-0.2, -0.15) is 0 Å². The van der Waals surface area contributed by atoms with Crippen molar-refractivity contribution in [1.29, 1.82) is 0 Å². The van der Waals surface area contributed by atoms with Crippen molar-refractivity contribution < 1.29 is 19.1 Å². The minimum absolute atomic E-state index is 0.182. The maximum absolute atomic E-state index is 12.9. The van der Waals surface area contributed by atoms with Crippen molar-refractivity contribution in [3.05, 3.63) is 95.6 Å². The maximum atomic E-state index is 12.9. The molecule has 1 saturated heterocycles. The second-order valence-electron chi connectivity index (χ2n) is 9.10. The van der Waals surface area contributed by atoms with E-state index in [-0.39, 0.29) is 17.6 Å². The number of hydrogen-bond acceptors (Lipinski definition) is 5. The fourth-order valence-corrected chi connectivity index (χ4v) is 4.45. The third-order valence-corrected chi connectivity index (χ3v) is 6.64.